The number of hydrazone groups is 1. The molecular weight excluding hydrogens is 320 g/mol. The Labute approximate surface area is 144 Å². The molecule has 0 bridgehead atoms. The van der Waals surface area contributed by atoms with Crippen LogP contribution in [0, 0.1) is 0 Å². The van der Waals surface area contributed by atoms with Gasteiger partial charge in [-0.1, -0.05) is 19.1 Å². The van der Waals surface area contributed by atoms with Crippen LogP contribution in [0.25, 0.3) is 11.0 Å². The van der Waals surface area contributed by atoms with Crippen molar-refractivity contribution in [3.8, 4) is 5.75 Å². The lowest BCUT2D eigenvalue weighted by Crippen LogP contribution is -2.28. The summed E-state index contributed by atoms with van der Waals surface area (Å²) in [6.45, 7) is 1.53. The summed E-state index contributed by atoms with van der Waals surface area (Å²) in [5.74, 6) is -0.218. The molecule has 0 unspecified atom stereocenters. The van der Waals surface area contributed by atoms with E-state index < -0.39 is 12.6 Å². The van der Waals surface area contributed by atoms with Crippen molar-refractivity contribution in [2.75, 3.05) is 12.0 Å². The summed E-state index contributed by atoms with van der Waals surface area (Å²) in [6.07, 6.45) is 0.715. The second-order valence-electron chi connectivity index (χ2n) is 5.31. The number of aliphatic carboxylic acids is 1. The summed E-state index contributed by atoms with van der Waals surface area (Å²) >= 11 is 0. The van der Waals surface area contributed by atoms with E-state index in [1.165, 1.54) is 0 Å². The number of H-pyrrole nitrogens is 1. The number of carbonyl (C=O) groups is 1. The van der Waals surface area contributed by atoms with E-state index in [4.69, 9.17) is 4.74 Å². The van der Waals surface area contributed by atoms with Crippen LogP contribution in [0.2, 0.25) is 0 Å². The zero-order valence-electron chi connectivity index (χ0n) is 13.7. The van der Waals surface area contributed by atoms with Gasteiger partial charge in [0.25, 0.3) is 0 Å². The normalized spacial score (nSPS) is 11.5. The summed E-state index contributed by atoms with van der Waals surface area (Å²) in [7, 11) is 0. The number of imidazole rings is 1. The highest BCUT2D eigenvalue weighted by Crippen LogP contribution is 2.16. The van der Waals surface area contributed by atoms with Gasteiger partial charge in [-0.3, -0.25) is 0 Å². The van der Waals surface area contributed by atoms with Crippen molar-refractivity contribution in [1.29, 1.82) is 0 Å². The Morgan fingerprint density at radius 3 is 2.68 bits per heavy atom. The van der Waals surface area contributed by atoms with Gasteiger partial charge in [-0.05, 0) is 48.4 Å². The van der Waals surface area contributed by atoms with Gasteiger partial charge in [0, 0.05) is 0 Å². The van der Waals surface area contributed by atoms with Crippen LogP contribution in [-0.4, -0.2) is 28.3 Å². The molecule has 0 aliphatic carbocycles. The second kappa shape index (κ2) is 7.48. The predicted octanol–water partition coefficient (Wildman–Crippen LogP) is 1.92. The quantitative estimate of drug-likeness (QED) is 0.506. The molecule has 1 heterocycles. The fraction of sp³-hybridized carbons (Fsp3) is 0.167. The van der Waals surface area contributed by atoms with Gasteiger partial charge in [0.2, 0.25) is 5.95 Å². The summed E-state index contributed by atoms with van der Waals surface area (Å²) in [4.78, 5) is 18.0. The first-order valence-corrected chi connectivity index (χ1v) is 7.86. The van der Waals surface area contributed by atoms with Crippen LogP contribution in [0.1, 0.15) is 18.9 Å². The molecule has 25 heavy (non-hydrogen) atoms. The fourth-order valence-electron chi connectivity index (χ4n) is 2.36. The average molecular weight is 337 g/mol. The van der Waals surface area contributed by atoms with E-state index in [1.807, 2.05) is 43.3 Å². The number of ether oxygens (including phenoxy) is 1. The van der Waals surface area contributed by atoms with Gasteiger partial charge in [-0.2, -0.15) is 5.10 Å². The van der Waals surface area contributed by atoms with E-state index in [1.54, 1.807) is 12.1 Å². The van der Waals surface area contributed by atoms with Crippen LogP contribution in [0.5, 0.6) is 5.75 Å². The molecule has 3 aromatic rings. The third-order valence-corrected chi connectivity index (χ3v) is 3.57. The summed E-state index contributed by atoms with van der Waals surface area (Å²) in [5, 5.41) is 14.8. The van der Waals surface area contributed by atoms with Crippen molar-refractivity contribution in [2.45, 2.75) is 13.3 Å². The molecule has 0 saturated carbocycles. The van der Waals surface area contributed by atoms with E-state index in [0.29, 0.717) is 18.1 Å². The maximum Gasteiger partial charge on any atom is 0.222 e. The molecule has 0 radical (unpaired) electrons. The lowest BCUT2D eigenvalue weighted by atomic mass is 10.1. The number of hydrogen-bond donors (Lipinski definition) is 2. The minimum absolute atomic E-state index is 0.466. The van der Waals surface area contributed by atoms with Gasteiger partial charge in [-0.25, -0.2) is 10.4 Å². The molecule has 0 aliphatic heterocycles. The molecule has 0 atom stereocenters. The van der Waals surface area contributed by atoms with Crippen LogP contribution in [-0.2, 0) is 4.79 Å². The number of anilines is 1. The minimum atomic E-state index is -1.25. The Bertz CT molecular complexity index is 867. The molecule has 1 aromatic heterocycles. The molecular formula is C18H17N4O3-. The molecule has 2 aromatic carbocycles. The topological polar surface area (TPSA) is 102 Å². The van der Waals surface area contributed by atoms with Crippen molar-refractivity contribution in [2.24, 2.45) is 5.10 Å². The molecule has 0 saturated heterocycles. The number of carboxylic acid groups (broad SMARTS) is 1. The molecule has 0 aliphatic rings. The number of rotatable bonds is 7. The first-order valence-electron chi connectivity index (χ1n) is 7.86. The monoisotopic (exact) mass is 337 g/mol. The number of para-hydroxylation sites is 2. The van der Waals surface area contributed by atoms with Gasteiger partial charge in [0.1, 0.15) is 12.4 Å². The Morgan fingerprint density at radius 1 is 1.24 bits per heavy atom. The van der Waals surface area contributed by atoms with E-state index in [-0.39, 0.29) is 0 Å². The smallest absolute Gasteiger partial charge is 0.222 e. The number of nitrogens with one attached hydrogen (secondary N) is 2. The van der Waals surface area contributed by atoms with Crippen LogP contribution in [0.3, 0.4) is 0 Å². The number of aromatic nitrogens is 2. The van der Waals surface area contributed by atoms with Crippen molar-refractivity contribution < 1.29 is 14.6 Å². The Kier molecular flexibility index (Phi) is 4.94. The van der Waals surface area contributed by atoms with Gasteiger partial charge >= 0.3 is 0 Å². The van der Waals surface area contributed by atoms with Crippen LogP contribution < -0.4 is 15.3 Å². The number of benzene rings is 2. The lowest BCUT2D eigenvalue weighted by molar-refractivity contribution is -0.307. The predicted molar refractivity (Wildman–Crippen MR) is 93.5 cm³/mol. The van der Waals surface area contributed by atoms with Gasteiger partial charge < -0.3 is 19.6 Å². The largest absolute Gasteiger partial charge is 0.546 e. The SMILES string of the molecule is CC/C(=N/Nc1nc2ccccc2[nH]1)c1ccc(OCC(=O)[O-])cc1. The number of fused-ring (bicyclic) bond motifs is 1. The van der Waals surface area contributed by atoms with Crippen molar-refractivity contribution in [3.05, 3.63) is 54.1 Å². The lowest BCUT2D eigenvalue weighted by Gasteiger charge is -2.08. The standard InChI is InChI=1S/C18H18N4O3/c1-2-14(12-7-9-13(10-8-12)25-11-17(23)24)21-22-18-19-15-5-3-4-6-16(15)20-18/h3-10H,2,11H2,1H3,(H,23,24)(H2,19,20,22)/p-1/b21-14-. The highest BCUT2D eigenvalue weighted by Gasteiger charge is 2.04. The molecule has 0 amide bonds. The van der Waals surface area contributed by atoms with Crippen LogP contribution >= 0.6 is 0 Å². The van der Waals surface area contributed by atoms with Gasteiger partial charge in [0.15, 0.2) is 0 Å². The first kappa shape index (κ1) is 16.5. The van der Waals surface area contributed by atoms with E-state index in [9.17, 15) is 9.90 Å². The summed E-state index contributed by atoms with van der Waals surface area (Å²) < 4.78 is 5.07. The van der Waals surface area contributed by atoms with Crippen LogP contribution in [0.15, 0.2) is 53.6 Å². The number of nitrogens with zero attached hydrogens (tertiary/aromatic N) is 2. The Hall–Kier alpha value is -3.35. The molecule has 7 heteroatoms. The van der Waals surface area contributed by atoms with Crippen LogP contribution in [0.4, 0.5) is 5.95 Å². The van der Waals surface area contributed by atoms with Gasteiger partial charge in [0.05, 0.1) is 22.7 Å². The number of carbonyl (C=O) groups excluding carboxylic acids is 1. The highest BCUT2D eigenvalue weighted by molar-refractivity contribution is 6.00. The number of carboxylic acids is 1. The second-order valence-corrected chi connectivity index (χ2v) is 5.31. The third kappa shape index (κ3) is 4.14. The van der Waals surface area contributed by atoms with E-state index >= 15 is 0 Å². The van der Waals surface area contributed by atoms with Crippen molar-refractivity contribution in [3.63, 3.8) is 0 Å². The van der Waals surface area contributed by atoms with Crippen molar-refractivity contribution in [1.82, 2.24) is 9.97 Å². The van der Waals surface area contributed by atoms with E-state index in [0.717, 1.165) is 22.3 Å². The Morgan fingerprint density at radius 2 is 2.00 bits per heavy atom. The summed E-state index contributed by atoms with van der Waals surface area (Å²) in [6, 6.07) is 14.8. The molecule has 128 valence electrons. The zero-order valence-corrected chi connectivity index (χ0v) is 13.7. The minimum Gasteiger partial charge on any atom is -0.546 e. The number of aromatic amines is 1. The molecule has 3 rings (SSSR count). The average Bonchev–Trinajstić information content (AvgIpc) is 3.04. The summed E-state index contributed by atoms with van der Waals surface area (Å²) in [5.41, 5.74) is 6.50. The maximum atomic E-state index is 10.4. The number of hydrogen-bond acceptors (Lipinski definition) is 6. The van der Waals surface area contributed by atoms with Gasteiger partial charge in [-0.15, -0.1) is 0 Å². The Balaban J connectivity index is 1.72. The third-order valence-electron chi connectivity index (χ3n) is 3.57. The van der Waals surface area contributed by atoms with Crippen molar-refractivity contribution >= 4 is 28.7 Å². The highest BCUT2D eigenvalue weighted by atomic mass is 16.5. The first-order chi connectivity index (χ1) is 12.2. The zero-order chi connectivity index (χ0) is 17.6. The molecule has 7 nitrogen and oxygen atoms in total. The molecule has 0 spiro atoms. The maximum absolute atomic E-state index is 10.4. The molecule has 0 fully saturated rings. The fourth-order valence-corrected chi connectivity index (χ4v) is 2.36. The van der Waals surface area contributed by atoms with E-state index in [2.05, 4.69) is 20.5 Å². The molecule has 2 N–H and O–H groups in total.